The number of rotatable bonds is 6. The van der Waals surface area contributed by atoms with Gasteiger partial charge in [0.1, 0.15) is 11.6 Å². The fourth-order valence-electron chi connectivity index (χ4n) is 4.38. The van der Waals surface area contributed by atoms with Crippen molar-refractivity contribution in [3.8, 4) is 0 Å². The Morgan fingerprint density at radius 1 is 0.963 bits per heavy atom. The van der Waals surface area contributed by atoms with Gasteiger partial charge in [-0.1, -0.05) is 57.4 Å². The third kappa shape index (κ3) is 4.39. The van der Waals surface area contributed by atoms with Crippen LogP contribution in [0.4, 0.5) is 13.2 Å². The van der Waals surface area contributed by atoms with Crippen LogP contribution in [0.2, 0.25) is 0 Å². The molecule has 0 heterocycles. The van der Waals surface area contributed by atoms with Crippen molar-refractivity contribution in [2.75, 3.05) is 0 Å². The number of hydrogen-bond acceptors (Lipinski definition) is 0. The summed E-state index contributed by atoms with van der Waals surface area (Å²) in [6.45, 7) is 4.24. The van der Waals surface area contributed by atoms with E-state index in [0.717, 1.165) is 49.5 Å². The Morgan fingerprint density at radius 3 is 2.37 bits per heavy atom. The van der Waals surface area contributed by atoms with Gasteiger partial charge in [0.2, 0.25) is 0 Å². The Balaban J connectivity index is 1.86. The van der Waals surface area contributed by atoms with E-state index in [-0.39, 0.29) is 5.56 Å². The number of hydrogen-bond donors (Lipinski definition) is 0. The van der Waals surface area contributed by atoms with Crippen LogP contribution in [-0.2, 0) is 6.42 Å². The normalized spacial score (nSPS) is 21.4. The predicted octanol–water partition coefficient (Wildman–Crippen LogP) is 8.15. The van der Waals surface area contributed by atoms with Gasteiger partial charge < -0.3 is 0 Å². The first-order valence-electron chi connectivity index (χ1n) is 10.3. The molecule has 1 aliphatic rings. The van der Waals surface area contributed by atoms with Gasteiger partial charge in [-0.2, -0.15) is 0 Å². The van der Waals surface area contributed by atoms with Gasteiger partial charge in [-0.15, -0.1) is 0 Å². The molecular weight excluding hydrogens is 345 g/mol. The van der Waals surface area contributed by atoms with Crippen molar-refractivity contribution in [3.63, 3.8) is 0 Å². The topological polar surface area (TPSA) is 0 Å². The average Bonchev–Trinajstić information content (AvgIpc) is 2.68. The van der Waals surface area contributed by atoms with Crippen molar-refractivity contribution in [2.45, 2.75) is 65.2 Å². The number of allylic oxidation sites excluding steroid dienone is 1. The monoisotopic (exact) mass is 374 g/mol. The molecule has 2 aromatic rings. The molecular formula is C24H29F3. The summed E-state index contributed by atoms with van der Waals surface area (Å²) in [6.07, 6.45) is 7.38. The summed E-state index contributed by atoms with van der Waals surface area (Å²) in [4.78, 5) is 0. The first-order chi connectivity index (χ1) is 13.0. The number of fused-ring (bicyclic) bond motifs is 1. The van der Waals surface area contributed by atoms with Gasteiger partial charge in [0.15, 0.2) is 5.83 Å². The van der Waals surface area contributed by atoms with Crippen molar-refractivity contribution in [3.05, 3.63) is 53.1 Å². The fourth-order valence-corrected chi connectivity index (χ4v) is 4.38. The quantitative estimate of drug-likeness (QED) is 0.478. The maximum absolute atomic E-state index is 14.9. The Kier molecular flexibility index (Phi) is 6.62. The van der Waals surface area contributed by atoms with E-state index in [4.69, 9.17) is 0 Å². The summed E-state index contributed by atoms with van der Waals surface area (Å²) < 4.78 is 44.5. The third-order valence-corrected chi connectivity index (χ3v) is 5.91. The van der Waals surface area contributed by atoms with Gasteiger partial charge in [0.05, 0.1) is 0 Å². The SMILES string of the molecule is CCCc1ccc2c(F)c(C(F)=C(F)C3CCC(CCC)CC3)ccc2c1. The van der Waals surface area contributed by atoms with E-state index in [0.29, 0.717) is 24.1 Å². The van der Waals surface area contributed by atoms with Crippen LogP contribution in [0.3, 0.4) is 0 Å². The van der Waals surface area contributed by atoms with E-state index in [1.807, 2.05) is 12.1 Å². The molecule has 0 radical (unpaired) electrons. The van der Waals surface area contributed by atoms with Gasteiger partial charge in [0, 0.05) is 16.9 Å². The second-order valence-corrected chi connectivity index (χ2v) is 7.90. The van der Waals surface area contributed by atoms with Crippen LogP contribution in [0.25, 0.3) is 16.6 Å². The molecule has 0 unspecified atom stereocenters. The minimum Gasteiger partial charge on any atom is -0.208 e. The Labute approximate surface area is 160 Å². The summed E-state index contributed by atoms with van der Waals surface area (Å²) in [5.74, 6) is -2.25. The van der Waals surface area contributed by atoms with E-state index in [9.17, 15) is 13.2 Å². The van der Waals surface area contributed by atoms with E-state index in [2.05, 4.69) is 13.8 Å². The minimum absolute atomic E-state index is 0.251. The Bertz CT molecular complexity index is 814. The van der Waals surface area contributed by atoms with Crippen molar-refractivity contribution < 1.29 is 13.2 Å². The first kappa shape index (κ1) is 20.0. The molecule has 3 rings (SSSR count). The molecule has 0 bridgehead atoms. The van der Waals surface area contributed by atoms with Crippen LogP contribution in [0.1, 0.15) is 69.9 Å². The molecule has 0 atom stereocenters. The van der Waals surface area contributed by atoms with Crippen LogP contribution in [0, 0.1) is 17.7 Å². The zero-order valence-electron chi connectivity index (χ0n) is 16.3. The van der Waals surface area contributed by atoms with Crippen LogP contribution < -0.4 is 0 Å². The van der Waals surface area contributed by atoms with Gasteiger partial charge in [0.25, 0.3) is 0 Å². The smallest absolute Gasteiger partial charge is 0.165 e. The van der Waals surface area contributed by atoms with Crippen LogP contribution in [0.15, 0.2) is 36.2 Å². The molecule has 1 aliphatic carbocycles. The highest BCUT2D eigenvalue weighted by Gasteiger charge is 2.27. The lowest BCUT2D eigenvalue weighted by atomic mass is 9.79. The van der Waals surface area contributed by atoms with E-state index < -0.39 is 23.4 Å². The van der Waals surface area contributed by atoms with Crippen LogP contribution in [0.5, 0.6) is 0 Å². The molecule has 0 saturated heterocycles. The summed E-state index contributed by atoms with van der Waals surface area (Å²) in [6, 6.07) is 8.55. The van der Waals surface area contributed by atoms with Crippen molar-refractivity contribution in [1.82, 2.24) is 0 Å². The second-order valence-electron chi connectivity index (χ2n) is 7.90. The summed E-state index contributed by atoms with van der Waals surface area (Å²) >= 11 is 0. The highest BCUT2D eigenvalue weighted by Crippen LogP contribution is 2.40. The molecule has 0 nitrogen and oxygen atoms in total. The average molecular weight is 374 g/mol. The Hall–Kier alpha value is -1.77. The molecule has 3 heteroatoms. The lowest BCUT2D eigenvalue weighted by Crippen LogP contribution is -2.15. The van der Waals surface area contributed by atoms with Crippen molar-refractivity contribution in [1.29, 1.82) is 0 Å². The van der Waals surface area contributed by atoms with E-state index >= 15 is 0 Å². The van der Waals surface area contributed by atoms with E-state index in [1.54, 1.807) is 12.1 Å². The molecule has 0 spiro atoms. The highest BCUT2D eigenvalue weighted by atomic mass is 19.2. The van der Waals surface area contributed by atoms with Crippen LogP contribution in [-0.4, -0.2) is 0 Å². The molecule has 0 aliphatic heterocycles. The number of halogens is 3. The lowest BCUT2D eigenvalue weighted by molar-refractivity contribution is 0.261. The molecule has 0 amide bonds. The zero-order valence-corrected chi connectivity index (χ0v) is 16.3. The maximum atomic E-state index is 14.9. The summed E-state index contributed by atoms with van der Waals surface area (Å²) in [7, 11) is 0. The molecule has 0 N–H and O–H groups in total. The van der Waals surface area contributed by atoms with Gasteiger partial charge in [-0.3, -0.25) is 0 Å². The van der Waals surface area contributed by atoms with Gasteiger partial charge >= 0.3 is 0 Å². The highest BCUT2D eigenvalue weighted by molar-refractivity contribution is 5.87. The number of benzene rings is 2. The molecule has 146 valence electrons. The molecule has 0 aromatic heterocycles. The minimum atomic E-state index is -1.02. The molecule has 1 saturated carbocycles. The zero-order chi connectivity index (χ0) is 19.4. The first-order valence-corrected chi connectivity index (χ1v) is 10.3. The second kappa shape index (κ2) is 8.95. The lowest BCUT2D eigenvalue weighted by Gasteiger charge is -2.27. The molecule has 2 aromatic carbocycles. The van der Waals surface area contributed by atoms with Crippen molar-refractivity contribution >= 4 is 16.6 Å². The van der Waals surface area contributed by atoms with Crippen molar-refractivity contribution in [2.24, 2.45) is 11.8 Å². The molecule has 1 fully saturated rings. The Morgan fingerprint density at radius 2 is 1.70 bits per heavy atom. The summed E-state index contributed by atoms with van der Waals surface area (Å²) in [5.41, 5.74) is 0.877. The summed E-state index contributed by atoms with van der Waals surface area (Å²) in [5, 5.41) is 1.08. The van der Waals surface area contributed by atoms with E-state index in [1.165, 1.54) is 6.07 Å². The maximum Gasteiger partial charge on any atom is 0.165 e. The largest absolute Gasteiger partial charge is 0.208 e. The molecule has 27 heavy (non-hydrogen) atoms. The van der Waals surface area contributed by atoms with Crippen LogP contribution >= 0.6 is 0 Å². The standard InChI is InChI=1S/C24H29F3/c1-3-5-16-7-10-18(11-8-16)22(25)24(27)21-14-12-19-15-17(6-4-2)9-13-20(19)23(21)26/h9,12-16,18H,3-8,10-11H2,1-2H3. The number of aryl methyl sites for hydroxylation is 1. The van der Waals surface area contributed by atoms with Gasteiger partial charge in [-0.25, -0.2) is 13.2 Å². The fraction of sp³-hybridized carbons (Fsp3) is 0.500. The third-order valence-electron chi connectivity index (χ3n) is 5.91. The predicted molar refractivity (Wildman–Crippen MR) is 107 cm³/mol. The van der Waals surface area contributed by atoms with Gasteiger partial charge in [-0.05, 0) is 55.0 Å².